The minimum atomic E-state index is 1.03. The lowest BCUT2D eigenvalue weighted by atomic mass is 9.89. The number of hydrogen-bond acceptors (Lipinski definition) is 0. The van der Waals surface area contributed by atoms with E-state index in [2.05, 4.69) is 77.9 Å². The van der Waals surface area contributed by atoms with Gasteiger partial charge >= 0.3 is 0 Å². The molecule has 0 saturated carbocycles. The SMILES string of the molecule is CCCCCCCCC1=C(c2cc(CCCCCCCC)cc(CCCCCCCC)c2)[N+](=[N-])C(c2cc(CCCC)cc(CCCC)c2)=C1CCCC. The number of benzene rings is 2. The molecular weight excluding hydrogens is 653 g/mol. The van der Waals surface area contributed by atoms with Crippen LogP contribution >= 0.6 is 0 Å². The summed E-state index contributed by atoms with van der Waals surface area (Å²) in [5, 5.41) is 0. The highest BCUT2D eigenvalue weighted by molar-refractivity contribution is 5.82. The molecule has 0 aliphatic carbocycles. The molecule has 1 aliphatic rings. The summed E-state index contributed by atoms with van der Waals surface area (Å²) < 4.78 is 1.69. The summed E-state index contributed by atoms with van der Waals surface area (Å²) in [4.78, 5) is 0. The smallest absolute Gasteiger partial charge is 0.211 e. The fourth-order valence-corrected chi connectivity index (χ4v) is 8.58. The van der Waals surface area contributed by atoms with Crippen molar-refractivity contribution in [3.63, 3.8) is 0 Å². The first-order chi connectivity index (χ1) is 26.5. The maximum Gasteiger partial charge on any atom is 0.211 e. The fourth-order valence-electron chi connectivity index (χ4n) is 8.58. The second kappa shape index (κ2) is 28.0. The Balaban J connectivity index is 2.11. The van der Waals surface area contributed by atoms with Crippen molar-refractivity contribution < 1.29 is 4.70 Å². The van der Waals surface area contributed by atoms with E-state index in [1.54, 1.807) is 4.70 Å². The molecular formula is C52H84N2. The maximum atomic E-state index is 12.7. The third-order valence-corrected chi connectivity index (χ3v) is 11.8. The van der Waals surface area contributed by atoms with Crippen LogP contribution in [0, 0.1) is 0 Å². The van der Waals surface area contributed by atoms with Crippen LogP contribution in [0.2, 0.25) is 0 Å². The summed E-state index contributed by atoms with van der Waals surface area (Å²) in [5.41, 5.74) is 26.0. The van der Waals surface area contributed by atoms with Gasteiger partial charge in [0, 0.05) is 22.3 Å². The zero-order valence-corrected chi connectivity index (χ0v) is 36.6. The van der Waals surface area contributed by atoms with Gasteiger partial charge in [-0.25, -0.2) is 4.70 Å². The normalized spacial score (nSPS) is 13.3. The lowest BCUT2D eigenvalue weighted by Gasteiger charge is -2.15. The van der Waals surface area contributed by atoms with Crippen LogP contribution in [0.15, 0.2) is 47.5 Å². The number of unbranched alkanes of at least 4 members (excludes halogenated alkanes) is 18. The number of nitrogens with zero attached hydrogens (tertiary/aromatic N) is 2. The van der Waals surface area contributed by atoms with Gasteiger partial charge in [0.2, 0.25) is 11.4 Å². The molecule has 2 aromatic carbocycles. The van der Waals surface area contributed by atoms with Gasteiger partial charge in [0.1, 0.15) is 0 Å². The Bertz CT molecular complexity index is 1350. The van der Waals surface area contributed by atoms with Crippen LogP contribution < -0.4 is 0 Å². The molecule has 0 saturated heterocycles. The third-order valence-electron chi connectivity index (χ3n) is 11.8. The van der Waals surface area contributed by atoms with Crippen molar-refractivity contribution in [2.24, 2.45) is 0 Å². The van der Waals surface area contributed by atoms with E-state index >= 15 is 0 Å². The lowest BCUT2D eigenvalue weighted by Crippen LogP contribution is -2.05. The third kappa shape index (κ3) is 15.9. The largest absolute Gasteiger partial charge is 0.493 e. The van der Waals surface area contributed by atoms with E-state index in [1.165, 1.54) is 186 Å². The molecule has 2 aromatic rings. The van der Waals surface area contributed by atoms with Crippen molar-refractivity contribution in [1.29, 1.82) is 0 Å². The van der Waals surface area contributed by atoms with Gasteiger partial charge < -0.3 is 5.53 Å². The van der Waals surface area contributed by atoms with Gasteiger partial charge in [0.05, 0.1) is 0 Å². The molecule has 0 aromatic heterocycles. The number of allylic oxidation sites excluding steroid dienone is 2. The second-order valence-corrected chi connectivity index (χ2v) is 16.9. The molecule has 0 N–H and O–H groups in total. The van der Waals surface area contributed by atoms with Crippen molar-refractivity contribution in [2.45, 2.75) is 234 Å². The van der Waals surface area contributed by atoms with Gasteiger partial charge in [0.15, 0.2) is 0 Å². The van der Waals surface area contributed by atoms with E-state index < -0.39 is 0 Å². The van der Waals surface area contributed by atoms with Crippen LogP contribution in [-0.4, -0.2) is 4.70 Å². The second-order valence-electron chi connectivity index (χ2n) is 16.9. The van der Waals surface area contributed by atoms with E-state index in [4.69, 9.17) is 0 Å². The Morgan fingerprint density at radius 1 is 0.315 bits per heavy atom. The molecule has 1 heterocycles. The molecule has 0 radical (unpaired) electrons. The summed E-state index contributed by atoms with van der Waals surface area (Å²) in [6, 6.07) is 14.8. The summed E-state index contributed by atoms with van der Waals surface area (Å²) >= 11 is 0. The van der Waals surface area contributed by atoms with Gasteiger partial charge in [-0.05, 0) is 124 Å². The molecule has 0 bridgehead atoms. The highest BCUT2D eigenvalue weighted by atomic mass is 15.2. The van der Waals surface area contributed by atoms with Gasteiger partial charge in [-0.3, -0.25) is 0 Å². The average Bonchev–Trinajstić information content (AvgIpc) is 3.46. The van der Waals surface area contributed by atoms with Crippen molar-refractivity contribution >= 4 is 11.4 Å². The van der Waals surface area contributed by atoms with Crippen molar-refractivity contribution in [2.75, 3.05) is 0 Å². The molecule has 0 unspecified atom stereocenters. The van der Waals surface area contributed by atoms with Crippen LogP contribution in [0.4, 0.5) is 0 Å². The predicted octanol–water partition coefficient (Wildman–Crippen LogP) is 17.3. The van der Waals surface area contributed by atoms with Crippen molar-refractivity contribution in [3.05, 3.63) is 86.5 Å². The van der Waals surface area contributed by atoms with Crippen LogP contribution in [-0.2, 0) is 25.7 Å². The van der Waals surface area contributed by atoms with E-state index in [1.807, 2.05) is 0 Å². The minimum Gasteiger partial charge on any atom is -0.493 e. The van der Waals surface area contributed by atoms with Gasteiger partial charge in [-0.15, -0.1) is 0 Å². The Morgan fingerprint density at radius 3 is 0.926 bits per heavy atom. The number of rotatable bonds is 32. The van der Waals surface area contributed by atoms with E-state index in [0.29, 0.717) is 0 Å². The number of hydrogen-bond donors (Lipinski definition) is 0. The highest BCUT2D eigenvalue weighted by Gasteiger charge is 2.35. The van der Waals surface area contributed by atoms with E-state index in [9.17, 15) is 5.53 Å². The first-order valence-corrected chi connectivity index (χ1v) is 23.7. The Kier molecular flexibility index (Phi) is 23.8. The molecule has 0 spiro atoms. The summed E-state index contributed by atoms with van der Waals surface area (Å²) in [5.74, 6) is 0. The van der Waals surface area contributed by atoms with E-state index in [-0.39, 0.29) is 0 Å². The topological polar surface area (TPSA) is 25.3 Å². The molecule has 0 fully saturated rings. The molecule has 2 heteroatoms. The zero-order chi connectivity index (χ0) is 38.8. The van der Waals surface area contributed by atoms with Crippen molar-refractivity contribution in [3.8, 4) is 0 Å². The summed E-state index contributed by atoms with van der Waals surface area (Å²) in [7, 11) is 0. The molecule has 54 heavy (non-hydrogen) atoms. The zero-order valence-electron chi connectivity index (χ0n) is 36.6. The first-order valence-electron chi connectivity index (χ1n) is 23.7. The molecule has 302 valence electrons. The monoisotopic (exact) mass is 737 g/mol. The summed E-state index contributed by atoms with van der Waals surface area (Å²) in [6.07, 6.45) is 37.4. The van der Waals surface area contributed by atoms with Gasteiger partial charge in [0.25, 0.3) is 0 Å². The van der Waals surface area contributed by atoms with Crippen LogP contribution in [0.5, 0.6) is 0 Å². The van der Waals surface area contributed by atoms with Crippen LogP contribution in [0.1, 0.15) is 242 Å². The lowest BCUT2D eigenvalue weighted by molar-refractivity contribution is -0.345. The molecule has 3 rings (SSSR count). The molecule has 1 aliphatic heterocycles. The molecule has 0 amide bonds. The molecule has 0 atom stereocenters. The standard InChI is InChI=1S/C52H84N2/c1-7-13-19-22-25-28-33-45-38-46(34-29-26-23-20-14-8-2)42-48(41-45)52-50(36-30-27-24-21-15-9-3)49(35-18-12-6)51(54(52)53)47-39-43(31-16-10-4)37-44(40-47)32-17-11-5/h37-42H,7-36H2,1-6H3. The van der Waals surface area contributed by atoms with Crippen LogP contribution in [0.25, 0.3) is 16.9 Å². The number of aryl methyl sites for hydroxylation is 4. The van der Waals surface area contributed by atoms with Gasteiger partial charge in [-0.2, -0.15) is 0 Å². The van der Waals surface area contributed by atoms with Crippen molar-refractivity contribution in [1.82, 2.24) is 0 Å². The first kappa shape index (κ1) is 45.9. The minimum absolute atomic E-state index is 1.03. The quantitative estimate of drug-likeness (QED) is 0.0528. The highest BCUT2D eigenvalue weighted by Crippen LogP contribution is 2.45. The van der Waals surface area contributed by atoms with Crippen LogP contribution in [0.3, 0.4) is 0 Å². The molecule has 2 nitrogen and oxygen atoms in total. The van der Waals surface area contributed by atoms with Gasteiger partial charge in [-0.1, -0.05) is 169 Å². The maximum absolute atomic E-state index is 12.7. The Morgan fingerprint density at radius 2 is 0.574 bits per heavy atom. The fraction of sp³-hybridized carbons (Fsp3) is 0.692. The summed E-state index contributed by atoms with van der Waals surface area (Å²) in [6.45, 7) is 13.8. The Labute approximate surface area is 335 Å². The predicted molar refractivity (Wildman–Crippen MR) is 239 cm³/mol. The van der Waals surface area contributed by atoms with E-state index in [0.717, 1.165) is 62.8 Å². The Hall–Kier alpha value is -2.48. The average molecular weight is 737 g/mol.